The van der Waals surface area contributed by atoms with Crippen LogP contribution in [0.1, 0.15) is 10.4 Å². The minimum absolute atomic E-state index is 0.428. The van der Waals surface area contributed by atoms with Gasteiger partial charge < -0.3 is 10.3 Å². The van der Waals surface area contributed by atoms with E-state index < -0.39 is 23.1 Å². The zero-order chi connectivity index (χ0) is 18.1. The number of amides is 1. The molecule has 0 unspecified atom stereocenters. The normalized spacial score (nSPS) is 10.8. The third-order valence-electron chi connectivity index (χ3n) is 4.00. The number of rotatable bonds is 3. The average Bonchev–Trinajstić information content (AvgIpc) is 3.06. The summed E-state index contributed by atoms with van der Waals surface area (Å²) in [5.41, 5.74) is 2.44. The average molecular weight is 349 g/mol. The molecule has 6 heteroatoms. The first-order valence-corrected chi connectivity index (χ1v) is 7.92. The van der Waals surface area contributed by atoms with Crippen LogP contribution >= 0.6 is 0 Å². The van der Waals surface area contributed by atoms with Crippen molar-refractivity contribution in [1.82, 2.24) is 9.97 Å². The molecular formula is C20H13F2N3O. The number of aromatic nitrogens is 2. The standard InChI is InChI=1S/C20H13F2N3O/c21-14-4-3-5-15(22)18(14)20(26)23-13-10-8-12(9-11-13)19-24-16-6-1-2-7-17(16)25-19/h1-11H,(H,23,26)(H,24,25). The quantitative estimate of drug-likeness (QED) is 0.560. The minimum Gasteiger partial charge on any atom is -0.338 e. The fraction of sp³-hybridized carbons (Fsp3) is 0. The van der Waals surface area contributed by atoms with Gasteiger partial charge >= 0.3 is 0 Å². The Morgan fingerprint density at radius 1 is 0.885 bits per heavy atom. The fourth-order valence-corrected chi connectivity index (χ4v) is 2.71. The molecular weight excluding hydrogens is 336 g/mol. The Kier molecular flexibility index (Phi) is 3.93. The second kappa shape index (κ2) is 6.40. The van der Waals surface area contributed by atoms with E-state index in [2.05, 4.69) is 15.3 Å². The summed E-state index contributed by atoms with van der Waals surface area (Å²) in [6.07, 6.45) is 0. The van der Waals surface area contributed by atoms with Crippen LogP contribution < -0.4 is 5.32 Å². The Morgan fingerprint density at radius 3 is 2.27 bits per heavy atom. The summed E-state index contributed by atoms with van der Waals surface area (Å²) in [6, 6.07) is 17.8. The summed E-state index contributed by atoms with van der Waals surface area (Å²) in [6.45, 7) is 0. The van der Waals surface area contributed by atoms with E-state index in [-0.39, 0.29) is 0 Å². The second-order valence-corrected chi connectivity index (χ2v) is 5.73. The van der Waals surface area contributed by atoms with Crippen molar-refractivity contribution in [1.29, 1.82) is 0 Å². The van der Waals surface area contributed by atoms with Crippen LogP contribution in [-0.2, 0) is 0 Å². The number of hydrogen-bond acceptors (Lipinski definition) is 2. The number of benzene rings is 3. The topological polar surface area (TPSA) is 57.8 Å². The van der Waals surface area contributed by atoms with Gasteiger partial charge in [-0.25, -0.2) is 13.8 Å². The van der Waals surface area contributed by atoms with Crippen molar-refractivity contribution < 1.29 is 13.6 Å². The number of H-pyrrole nitrogens is 1. The Bertz CT molecular complexity index is 1050. The third kappa shape index (κ3) is 2.93. The maximum Gasteiger partial charge on any atom is 0.261 e. The van der Waals surface area contributed by atoms with Gasteiger partial charge in [0.1, 0.15) is 23.0 Å². The van der Waals surface area contributed by atoms with Crippen molar-refractivity contribution >= 4 is 22.6 Å². The molecule has 0 radical (unpaired) electrons. The predicted molar refractivity (Wildman–Crippen MR) is 95.8 cm³/mol. The molecule has 0 aliphatic rings. The highest BCUT2D eigenvalue weighted by molar-refractivity contribution is 6.04. The molecule has 1 heterocycles. The lowest BCUT2D eigenvalue weighted by molar-refractivity contribution is 0.101. The molecule has 2 N–H and O–H groups in total. The molecule has 128 valence electrons. The molecule has 0 spiro atoms. The van der Waals surface area contributed by atoms with Gasteiger partial charge in [-0.1, -0.05) is 18.2 Å². The molecule has 0 aliphatic carbocycles. The fourth-order valence-electron chi connectivity index (χ4n) is 2.71. The van der Waals surface area contributed by atoms with Crippen LogP contribution in [-0.4, -0.2) is 15.9 Å². The number of imidazole rings is 1. The Hall–Kier alpha value is -3.54. The summed E-state index contributed by atoms with van der Waals surface area (Å²) < 4.78 is 27.4. The van der Waals surface area contributed by atoms with E-state index in [0.29, 0.717) is 11.5 Å². The number of fused-ring (bicyclic) bond motifs is 1. The van der Waals surface area contributed by atoms with Gasteiger partial charge in [-0.3, -0.25) is 4.79 Å². The van der Waals surface area contributed by atoms with Crippen LogP contribution in [0.5, 0.6) is 0 Å². The molecule has 1 aromatic heterocycles. The van der Waals surface area contributed by atoms with E-state index in [9.17, 15) is 13.6 Å². The molecule has 0 aliphatic heterocycles. The van der Waals surface area contributed by atoms with Gasteiger partial charge in [0.15, 0.2) is 0 Å². The molecule has 0 fully saturated rings. The van der Waals surface area contributed by atoms with E-state index in [4.69, 9.17) is 0 Å². The van der Waals surface area contributed by atoms with Crippen LogP contribution in [0, 0.1) is 11.6 Å². The molecule has 0 bridgehead atoms. The molecule has 0 saturated carbocycles. The monoisotopic (exact) mass is 349 g/mol. The second-order valence-electron chi connectivity index (χ2n) is 5.73. The van der Waals surface area contributed by atoms with E-state index in [0.717, 1.165) is 28.7 Å². The van der Waals surface area contributed by atoms with E-state index in [1.54, 1.807) is 24.3 Å². The zero-order valence-corrected chi connectivity index (χ0v) is 13.5. The molecule has 0 saturated heterocycles. The highest BCUT2D eigenvalue weighted by Crippen LogP contribution is 2.22. The largest absolute Gasteiger partial charge is 0.338 e. The molecule has 4 nitrogen and oxygen atoms in total. The van der Waals surface area contributed by atoms with Crippen LogP contribution in [0.2, 0.25) is 0 Å². The number of carbonyl (C=O) groups is 1. The number of anilines is 1. The van der Waals surface area contributed by atoms with E-state index >= 15 is 0 Å². The van der Waals surface area contributed by atoms with Gasteiger partial charge in [0.05, 0.1) is 11.0 Å². The van der Waals surface area contributed by atoms with Crippen LogP contribution in [0.15, 0.2) is 66.7 Å². The third-order valence-corrected chi connectivity index (χ3v) is 4.00. The van der Waals surface area contributed by atoms with Crippen molar-refractivity contribution in [2.45, 2.75) is 0 Å². The van der Waals surface area contributed by atoms with Crippen molar-refractivity contribution in [2.24, 2.45) is 0 Å². The number of carbonyl (C=O) groups excluding carboxylic acids is 1. The van der Waals surface area contributed by atoms with Crippen molar-refractivity contribution in [2.75, 3.05) is 5.32 Å². The van der Waals surface area contributed by atoms with Crippen molar-refractivity contribution in [3.05, 3.63) is 83.9 Å². The van der Waals surface area contributed by atoms with Gasteiger partial charge in [0.2, 0.25) is 0 Å². The highest BCUT2D eigenvalue weighted by Gasteiger charge is 2.17. The van der Waals surface area contributed by atoms with Crippen LogP contribution in [0.3, 0.4) is 0 Å². The van der Waals surface area contributed by atoms with Gasteiger partial charge in [0.25, 0.3) is 5.91 Å². The maximum absolute atomic E-state index is 13.7. The lowest BCUT2D eigenvalue weighted by Gasteiger charge is -2.07. The van der Waals surface area contributed by atoms with Gasteiger partial charge in [0, 0.05) is 11.3 Å². The Morgan fingerprint density at radius 2 is 1.58 bits per heavy atom. The van der Waals surface area contributed by atoms with Gasteiger partial charge in [-0.2, -0.15) is 0 Å². The number of halogens is 2. The number of aromatic amines is 1. The molecule has 4 rings (SSSR count). The van der Waals surface area contributed by atoms with Crippen molar-refractivity contribution in [3.8, 4) is 11.4 Å². The lowest BCUT2D eigenvalue weighted by atomic mass is 10.1. The van der Waals surface area contributed by atoms with Crippen LogP contribution in [0.25, 0.3) is 22.4 Å². The highest BCUT2D eigenvalue weighted by atomic mass is 19.1. The number of nitrogens with one attached hydrogen (secondary N) is 2. The SMILES string of the molecule is O=C(Nc1ccc(-c2nc3ccccc3[nH]2)cc1)c1c(F)cccc1F. The zero-order valence-electron chi connectivity index (χ0n) is 13.5. The first-order valence-electron chi connectivity index (χ1n) is 7.92. The van der Waals surface area contributed by atoms with Gasteiger partial charge in [-0.05, 0) is 48.5 Å². The summed E-state index contributed by atoms with van der Waals surface area (Å²) in [7, 11) is 0. The lowest BCUT2D eigenvalue weighted by Crippen LogP contribution is -2.15. The van der Waals surface area contributed by atoms with E-state index in [1.165, 1.54) is 6.07 Å². The maximum atomic E-state index is 13.7. The molecule has 0 atom stereocenters. The predicted octanol–water partition coefficient (Wildman–Crippen LogP) is 4.76. The first-order chi connectivity index (χ1) is 12.6. The number of para-hydroxylation sites is 2. The summed E-state index contributed by atoms with van der Waals surface area (Å²) in [4.78, 5) is 19.8. The number of nitrogens with zero attached hydrogens (tertiary/aromatic N) is 1. The van der Waals surface area contributed by atoms with Crippen molar-refractivity contribution in [3.63, 3.8) is 0 Å². The first kappa shape index (κ1) is 16.0. The molecule has 1 amide bonds. The Labute approximate surface area is 147 Å². The molecule has 26 heavy (non-hydrogen) atoms. The van der Waals surface area contributed by atoms with E-state index in [1.807, 2.05) is 24.3 Å². The smallest absolute Gasteiger partial charge is 0.261 e. The minimum atomic E-state index is -0.901. The summed E-state index contributed by atoms with van der Waals surface area (Å²) in [5, 5.41) is 2.50. The molecule has 3 aromatic carbocycles. The summed E-state index contributed by atoms with van der Waals surface area (Å²) in [5.74, 6) is -1.94. The Balaban J connectivity index is 1.57. The van der Waals surface area contributed by atoms with Gasteiger partial charge in [-0.15, -0.1) is 0 Å². The summed E-state index contributed by atoms with van der Waals surface area (Å²) >= 11 is 0. The van der Waals surface area contributed by atoms with Crippen LogP contribution in [0.4, 0.5) is 14.5 Å². The molecule has 4 aromatic rings. The number of hydrogen-bond donors (Lipinski definition) is 2.